The zero-order valence-electron chi connectivity index (χ0n) is 8.27. The first kappa shape index (κ1) is 9.57. The van der Waals surface area contributed by atoms with Crippen LogP contribution in [0.5, 0.6) is 0 Å². The molecule has 0 aliphatic rings. The van der Waals surface area contributed by atoms with Gasteiger partial charge in [0.25, 0.3) is 0 Å². The maximum absolute atomic E-state index is 11.1. The molecule has 0 radical (unpaired) electrons. The van der Waals surface area contributed by atoms with Crippen LogP contribution in [-0.4, -0.2) is 13.7 Å². The van der Waals surface area contributed by atoms with Gasteiger partial charge in [-0.15, -0.1) is 0 Å². The Morgan fingerprint density at radius 2 is 1.75 bits per heavy atom. The van der Waals surface area contributed by atoms with Gasteiger partial charge in [-0.1, -0.05) is 24.3 Å². The molecule has 3 aromatic rings. The lowest BCUT2D eigenvalue weighted by Gasteiger charge is -2.06. The highest BCUT2D eigenvalue weighted by atomic mass is 32.2. The highest BCUT2D eigenvalue weighted by Crippen LogP contribution is 2.29. The van der Waals surface area contributed by atoms with Crippen LogP contribution in [-0.2, 0) is 11.1 Å². The summed E-state index contributed by atoms with van der Waals surface area (Å²) in [7, 11) is 0. The monoisotopic (exact) mass is 230 g/mol. The third-order valence-corrected chi connectivity index (χ3v) is 3.37. The number of H-pyrrole nitrogens is 1. The number of benzene rings is 2. The van der Waals surface area contributed by atoms with E-state index >= 15 is 0 Å². The molecule has 0 aliphatic heterocycles. The van der Waals surface area contributed by atoms with Crippen molar-refractivity contribution in [2.75, 3.05) is 0 Å². The maximum atomic E-state index is 11.1. The first-order valence-corrected chi connectivity index (χ1v) is 5.93. The van der Waals surface area contributed by atoms with Gasteiger partial charge < -0.3 is 9.54 Å². The largest absolute Gasteiger partial charge is 0.768 e. The fraction of sp³-hybridized carbons (Fsp3) is 0. The lowest BCUT2D eigenvalue weighted by atomic mass is 10.1. The molecule has 1 N–H and O–H groups in total. The molecule has 1 unspecified atom stereocenters. The molecule has 3 nitrogen and oxygen atoms in total. The molecule has 1 heterocycles. The van der Waals surface area contributed by atoms with Crippen molar-refractivity contribution in [3.05, 3.63) is 42.5 Å². The summed E-state index contributed by atoms with van der Waals surface area (Å²) in [5.41, 5.74) is 1.80. The average Bonchev–Trinajstić information content (AvgIpc) is 2.66. The molecular formula is C12H8NO2S-. The molecule has 1 atom stereocenters. The number of aromatic amines is 1. The lowest BCUT2D eigenvalue weighted by molar-refractivity contribution is 0.538. The van der Waals surface area contributed by atoms with Gasteiger partial charge in [-0.25, -0.2) is 0 Å². The average molecular weight is 230 g/mol. The van der Waals surface area contributed by atoms with Crippen molar-refractivity contribution in [2.24, 2.45) is 0 Å². The number of fused-ring (bicyclic) bond motifs is 3. The Morgan fingerprint density at radius 3 is 2.56 bits per heavy atom. The normalized spacial score (nSPS) is 13.3. The summed E-state index contributed by atoms with van der Waals surface area (Å²) in [5.74, 6) is 0. The number of aromatic nitrogens is 1. The van der Waals surface area contributed by atoms with Crippen LogP contribution < -0.4 is 0 Å². The minimum absolute atomic E-state index is 0.343. The molecule has 2 aromatic carbocycles. The number of hydrogen-bond acceptors (Lipinski definition) is 2. The topological polar surface area (TPSA) is 55.9 Å². The molecule has 4 heteroatoms. The predicted molar refractivity (Wildman–Crippen MR) is 63.0 cm³/mol. The van der Waals surface area contributed by atoms with E-state index in [1.54, 1.807) is 12.1 Å². The summed E-state index contributed by atoms with van der Waals surface area (Å²) in [6.07, 6.45) is 0. The van der Waals surface area contributed by atoms with Crippen molar-refractivity contribution < 1.29 is 8.76 Å². The highest BCUT2D eigenvalue weighted by Gasteiger charge is 2.07. The summed E-state index contributed by atoms with van der Waals surface area (Å²) in [5, 5.41) is 1.71. The zero-order chi connectivity index (χ0) is 11.1. The van der Waals surface area contributed by atoms with Crippen molar-refractivity contribution in [2.45, 2.75) is 4.90 Å². The summed E-state index contributed by atoms with van der Waals surface area (Å²) in [6, 6.07) is 12.9. The standard InChI is InChI=1S/C12H9NO2S/c14-16(15)11-7-3-6-10-12(11)8-4-1-2-5-9(8)13-10/h1-7,13H,(H,14,15)/p-1. The van der Waals surface area contributed by atoms with E-state index in [2.05, 4.69) is 4.98 Å². The van der Waals surface area contributed by atoms with Crippen LogP contribution in [0, 0.1) is 0 Å². The molecule has 0 spiro atoms. The molecule has 0 bridgehead atoms. The van der Waals surface area contributed by atoms with E-state index in [1.165, 1.54) is 0 Å². The zero-order valence-corrected chi connectivity index (χ0v) is 9.08. The smallest absolute Gasteiger partial charge is 0.0476 e. The Bertz CT molecular complexity index is 702. The minimum atomic E-state index is -2.21. The number of para-hydroxylation sites is 1. The van der Waals surface area contributed by atoms with Crippen LogP contribution in [0.1, 0.15) is 0 Å². The second-order valence-corrected chi connectivity index (χ2v) is 4.49. The second-order valence-electron chi connectivity index (χ2n) is 3.58. The molecule has 0 saturated heterocycles. The first-order chi connectivity index (χ1) is 7.77. The first-order valence-electron chi connectivity index (χ1n) is 4.86. The molecule has 80 valence electrons. The van der Waals surface area contributed by atoms with Gasteiger partial charge in [0.1, 0.15) is 0 Å². The molecular weight excluding hydrogens is 222 g/mol. The number of rotatable bonds is 1. The van der Waals surface area contributed by atoms with E-state index in [-0.39, 0.29) is 0 Å². The van der Waals surface area contributed by atoms with Crippen molar-refractivity contribution >= 4 is 32.9 Å². The van der Waals surface area contributed by atoms with Gasteiger partial charge in [-0.3, -0.25) is 4.21 Å². The summed E-state index contributed by atoms with van der Waals surface area (Å²) < 4.78 is 22.3. The van der Waals surface area contributed by atoms with E-state index in [9.17, 15) is 8.76 Å². The van der Waals surface area contributed by atoms with E-state index in [0.717, 1.165) is 21.8 Å². The fourth-order valence-electron chi connectivity index (χ4n) is 2.01. The van der Waals surface area contributed by atoms with Crippen molar-refractivity contribution in [3.8, 4) is 0 Å². The fourth-order valence-corrected chi connectivity index (χ4v) is 2.58. The van der Waals surface area contributed by atoms with E-state index in [1.807, 2.05) is 30.3 Å². The van der Waals surface area contributed by atoms with Gasteiger partial charge in [0, 0.05) is 26.7 Å². The number of nitrogens with one attached hydrogen (secondary N) is 1. The van der Waals surface area contributed by atoms with Crippen molar-refractivity contribution in [3.63, 3.8) is 0 Å². The summed E-state index contributed by atoms with van der Waals surface area (Å²) in [6.45, 7) is 0. The van der Waals surface area contributed by atoms with Crippen LogP contribution in [0.4, 0.5) is 0 Å². The minimum Gasteiger partial charge on any atom is -0.768 e. The Labute approximate surface area is 94.4 Å². The molecule has 16 heavy (non-hydrogen) atoms. The Morgan fingerprint density at radius 1 is 1.00 bits per heavy atom. The molecule has 0 saturated carbocycles. The third kappa shape index (κ3) is 1.27. The van der Waals surface area contributed by atoms with Crippen LogP contribution in [0.15, 0.2) is 47.4 Å². The van der Waals surface area contributed by atoms with E-state index in [0.29, 0.717) is 4.90 Å². The Hall–Kier alpha value is -1.65. The number of hydrogen-bond donors (Lipinski definition) is 1. The molecule has 1 aromatic heterocycles. The van der Waals surface area contributed by atoms with Gasteiger partial charge in [0.15, 0.2) is 0 Å². The second kappa shape index (κ2) is 3.43. The van der Waals surface area contributed by atoms with Gasteiger partial charge in [0.05, 0.1) is 0 Å². The molecule has 0 fully saturated rings. The van der Waals surface area contributed by atoms with Crippen LogP contribution >= 0.6 is 0 Å². The maximum Gasteiger partial charge on any atom is 0.0476 e. The van der Waals surface area contributed by atoms with E-state index < -0.39 is 11.1 Å². The summed E-state index contributed by atoms with van der Waals surface area (Å²) in [4.78, 5) is 3.54. The van der Waals surface area contributed by atoms with Crippen molar-refractivity contribution in [1.29, 1.82) is 0 Å². The van der Waals surface area contributed by atoms with Gasteiger partial charge in [-0.05, 0) is 29.3 Å². The highest BCUT2D eigenvalue weighted by molar-refractivity contribution is 7.79. The van der Waals surface area contributed by atoms with Gasteiger partial charge in [-0.2, -0.15) is 0 Å². The van der Waals surface area contributed by atoms with E-state index in [4.69, 9.17) is 0 Å². The third-order valence-electron chi connectivity index (χ3n) is 2.67. The van der Waals surface area contributed by atoms with Crippen LogP contribution in [0.25, 0.3) is 21.8 Å². The lowest BCUT2D eigenvalue weighted by Crippen LogP contribution is -1.88. The van der Waals surface area contributed by atoms with Gasteiger partial charge >= 0.3 is 0 Å². The predicted octanol–water partition coefficient (Wildman–Crippen LogP) is 2.56. The molecule has 0 amide bonds. The van der Waals surface area contributed by atoms with Gasteiger partial charge in [0.2, 0.25) is 0 Å². The Balaban J connectivity index is 2.57. The van der Waals surface area contributed by atoms with Crippen LogP contribution in [0.2, 0.25) is 0 Å². The molecule has 3 rings (SSSR count). The summed E-state index contributed by atoms with van der Waals surface area (Å²) >= 11 is -2.21. The molecule has 0 aliphatic carbocycles. The van der Waals surface area contributed by atoms with Crippen LogP contribution in [0.3, 0.4) is 0 Å². The quantitative estimate of drug-likeness (QED) is 0.653. The SMILES string of the molecule is O=S([O-])c1cccc2[nH]c3ccccc3c12. The van der Waals surface area contributed by atoms with Crippen molar-refractivity contribution in [1.82, 2.24) is 4.98 Å². The Kier molecular flexibility index (Phi) is 2.05.